The van der Waals surface area contributed by atoms with Crippen LogP contribution in [0.25, 0.3) is 0 Å². The number of carbonyl (C=O) groups is 2. The molecule has 0 radical (unpaired) electrons. The van der Waals surface area contributed by atoms with Crippen LogP contribution in [-0.4, -0.2) is 47.5 Å². The van der Waals surface area contributed by atoms with Crippen LogP contribution in [0.15, 0.2) is 30.5 Å². The van der Waals surface area contributed by atoms with Gasteiger partial charge in [0.2, 0.25) is 11.9 Å². The smallest absolute Gasteiger partial charge is 0.254 e. The number of primary amides is 1. The molecule has 1 unspecified atom stereocenters. The number of aromatic nitrogens is 2. The summed E-state index contributed by atoms with van der Waals surface area (Å²) in [5.41, 5.74) is 7.54. The topological polar surface area (TPSA) is 125 Å². The fourth-order valence-corrected chi connectivity index (χ4v) is 3.70. The number of rotatable bonds is 7. The minimum Gasteiger partial charge on any atom is -0.367 e. The van der Waals surface area contributed by atoms with E-state index in [4.69, 9.17) is 5.73 Å². The van der Waals surface area contributed by atoms with Crippen molar-refractivity contribution >= 4 is 35.0 Å². The zero-order chi connectivity index (χ0) is 21.1. The van der Waals surface area contributed by atoms with Crippen LogP contribution in [0, 0.1) is 0 Å². The van der Waals surface area contributed by atoms with E-state index in [1.54, 1.807) is 7.05 Å². The van der Waals surface area contributed by atoms with Crippen molar-refractivity contribution in [3.63, 3.8) is 0 Å². The summed E-state index contributed by atoms with van der Waals surface area (Å²) in [6.45, 7) is 0.860. The van der Waals surface area contributed by atoms with Crippen LogP contribution in [0.1, 0.15) is 42.5 Å². The number of likely N-dealkylation sites (N-methyl/N-ethyl adjacent to an activating group) is 1. The summed E-state index contributed by atoms with van der Waals surface area (Å²) in [6.07, 6.45) is 6.54. The summed E-state index contributed by atoms with van der Waals surface area (Å²) in [4.78, 5) is 34.7. The van der Waals surface area contributed by atoms with Crippen LogP contribution >= 0.6 is 0 Å². The first-order valence-electron chi connectivity index (χ1n) is 10.3. The molecule has 1 saturated carbocycles. The van der Waals surface area contributed by atoms with Crippen molar-refractivity contribution in [2.24, 2.45) is 5.73 Å². The molecule has 1 aromatic heterocycles. The van der Waals surface area contributed by atoms with Crippen molar-refractivity contribution in [2.75, 3.05) is 29.1 Å². The highest BCUT2D eigenvalue weighted by atomic mass is 16.2. The lowest BCUT2D eigenvalue weighted by atomic mass is 10.0. The number of anilines is 4. The van der Waals surface area contributed by atoms with Crippen LogP contribution in [0.4, 0.5) is 23.1 Å². The van der Waals surface area contributed by atoms with E-state index < -0.39 is 5.91 Å². The van der Waals surface area contributed by atoms with E-state index in [9.17, 15) is 9.59 Å². The number of piperidine rings is 1. The number of hydrogen-bond acceptors (Lipinski definition) is 7. The number of amides is 2. The third-order valence-corrected chi connectivity index (χ3v) is 5.48. The van der Waals surface area contributed by atoms with Crippen LogP contribution in [-0.2, 0) is 4.79 Å². The van der Waals surface area contributed by atoms with E-state index in [0.29, 0.717) is 17.8 Å². The number of nitrogens with one attached hydrogen (secondary N) is 3. The molecule has 158 valence electrons. The van der Waals surface area contributed by atoms with Crippen molar-refractivity contribution in [3.05, 3.63) is 36.0 Å². The predicted octanol–water partition coefficient (Wildman–Crippen LogP) is 2.00. The molecule has 1 atom stereocenters. The maximum atomic E-state index is 12.2. The van der Waals surface area contributed by atoms with Gasteiger partial charge in [0.1, 0.15) is 11.9 Å². The Labute approximate surface area is 175 Å². The predicted molar refractivity (Wildman–Crippen MR) is 116 cm³/mol. The maximum Gasteiger partial charge on any atom is 0.254 e. The average Bonchev–Trinajstić information content (AvgIpc) is 3.58. The monoisotopic (exact) mass is 409 g/mol. The number of nitrogens with two attached hydrogens (primary N) is 1. The Morgan fingerprint density at radius 1 is 1.13 bits per heavy atom. The molecule has 9 heteroatoms. The first-order valence-corrected chi connectivity index (χ1v) is 10.3. The molecular weight excluding hydrogens is 382 g/mol. The molecule has 1 aliphatic carbocycles. The Hall–Kier alpha value is -3.36. The summed E-state index contributed by atoms with van der Waals surface area (Å²) in [5, 5.41) is 9.16. The van der Waals surface area contributed by atoms with Gasteiger partial charge in [-0.1, -0.05) is 0 Å². The quantitative estimate of drug-likeness (QED) is 0.551. The molecule has 2 aliphatic rings. The van der Waals surface area contributed by atoms with Gasteiger partial charge in [0.15, 0.2) is 0 Å². The summed E-state index contributed by atoms with van der Waals surface area (Å²) in [5.74, 6) is 0.342. The normalized spacial score (nSPS) is 18.6. The lowest BCUT2D eigenvalue weighted by molar-refractivity contribution is -0.122. The first kappa shape index (κ1) is 19.9. The molecule has 0 bridgehead atoms. The van der Waals surface area contributed by atoms with Gasteiger partial charge in [-0.05, 0) is 56.4 Å². The van der Waals surface area contributed by atoms with Crippen molar-refractivity contribution in [1.29, 1.82) is 0 Å². The fraction of sp³-hybridized carbons (Fsp3) is 0.429. The van der Waals surface area contributed by atoms with Gasteiger partial charge < -0.3 is 26.6 Å². The molecule has 4 rings (SSSR count). The van der Waals surface area contributed by atoms with Crippen molar-refractivity contribution in [2.45, 2.75) is 44.2 Å². The zero-order valence-electron chi connectivity index (χ0n) is 17.0. The van der Waals surface area contributed by atoms with E-state index in [-0.39, 0.29) is 17.5 Å². The number of nitrogens with zero attached hydrogens (tertiary/aromatic N) is 3. The molecule has 1 aromatic carbocycles. The Morgan fingerprint density at radius 3 is 2.57 bits per heavy atom. The molecular formula is C21H27N7O2. The minimum absolute atomic E-state index is 0.0514. The number of carbonyl (C=O) groups excluding carboxylic acids is 2. The zero-order valence-corrected chi connectivity index (χ0v) is 17.0. The molecule has 30 heavy (non-hydrogen) atoms. The largest absolute Gasteiger partial charge is 0.367 e. The van der Waals surface area contributed by atoms with Crippen molar-refractivity contribution < 1.29 is 9.59 Å². The van der Waals surface area contributed by atoms with Crippen molar-refractivity contribution in [1.82, 2.24) is 15.3 Å². The van der Waals surface area contributed by atoms with E-state index in [2.05, 4.69) is 30.8 Å². The van der Waals surface area contributed by atoms with Gasteiger partial charge in [-0.15, -0.1) is 0 Å². The van der Waals surface area contributed by atoms with E-state index in [1.165, 1.54) is 6.20 Å². The van der Waals surface area contributed by atoms with E-state index in [0.717, 1.165) is 50.0 Å². The Kier molecular flexibility index (Phi) is 5.69. The van der Waals surface area contributed by atoms with Gasteiger partial charge in [0.25, 0.3) is 5.91 Å². The SMILES string of the molecule is CNC(=O)C1CCCCN1c1ccc(Nc2ncc(C(N)=O)c(NC3CC3)n2)cc1. The van der Waals surface area contributed by atoms with Crippen LogP contribution < -0.4 is 26.6 Å². The second-order valence-electron chi connectivity index (χ2n) is 7.73. The van der Waals surface area contributed by atoms with Gasteiger partial charge in [0, 0.05) is 37.2 Å². The standard InChI is InChI=1S/C21H27N7O2/c1-23-20(30)17-4-2-3-11-28(17)15-9-7-14(8-10-15)26-21-24-12-16(18(22)29)19(27-21)25-13-5-6-13/h7-10,12-13,17H,2-6,11H2,1H3,(H2,22,29)(H,23,30)(H2,24,25,26,27). The highest BCUT2D eigenvalue weighted by Crippen LogP contribution is 2.28. The van der Waals surface area contributed by atoms with E-state index >= 15 is 0 Å². The summed E-state index contributed by atoms with van der Waals surface area (Å²) in [7, 11) is 1.68. The lowest BCUT2D eigenvalue weighted by Gasteiger charge is -2.36. The molecule has 1 aliphatic heterocycles. The number of benzene rings is 1. The van der Waals surface area contributed by atoms with Crippen LogP contribution in [0.2, 0.25) is 0 Å². The average molecular weight is 409 g/mol. The third kappa shape index (κ3) is 4.45. The van der Waals surface area contributed by atoms with Gasteiger partial charge in [0.05, 0.1) is 5.56 Å². The molecule has 2 heterocycles. The highest BCUT2D eigenvalue weighted by molar-refractivity contribution is 5.97. The van der Waals surface area contributed by atoms with Gasteiger partial charge >= 0.3 is 0 Å². The van der Waals surface area contributed by atoms with Crippen LogP contribution in [0.3, 0.4) is 0 Å². The lowest BCUT2D eigenvalue weighted by Crippen LogP contribution is -2.48. The fourth-order valence-electron chi connectivity index (χ4n) is 3.70. The Balaban J connectivity index is 1.49. The number of hydrogen-bond donors (Lipinski definition) is 4. The second kappa shape index (κ2) is 8.56. The summed E-state index contributed by atoms with van der Waals surface area (Å²) in [6, 6.07) is 8.05. The molecule has 2 amide bonds. The minimum atomic E-state index is -0.554. The molecule has 1 saturated heterocycles. The summed E-state index contributed by atoms with van der Waals surface area (Å²) >= 11 is 0. The second-order valence-corrected chi connectivity index (χ2v) is 7.73. The Morgan fingerprint density at radius 2 is 1.90 bits per heavy atom. The van der Waals surface area contributed by atoms with Gasteiger partial charge in [-0.2, -0.15) is 4.98 Å². The molecule has 9 nitrogen and oxygen atoms in total. The molecule has 0 spiro atoms. The maximum absolute atomic E-state index is 12.2. The summed E-state index contributed by atoms with van der Waals surface area (Å²) < 4.78 is 0. The van der Waals surface area contributed by atoms with Crippen molar-refractivity contribution in [3.8, 4) is 0 Å². The molecule has 5 N–H and O–H groups in total. The molecule has 2 aromatic rings. The first-order chi connectivity index (χ1) is 14.5. The van der Waals surface area contributed by atoms with Gasteiger partial charge in [-0.25, -0.2) is 4.98 Å². The Bertz CT molecular complexity index is 927. The molecule has 2 fully saturated rings. The van der Waals surface area contributed by atoms with Crippen LogP contribution in [0.5, 0.6) is 0 Å². The third-order valence-electron chi connectivity index (χ3n) is 5.48. The van der Waals surface area contributed by atoms with Gasteiger partial charge in [-0.3, -0.25) is 9.59 Å². The highest BCUT2D eigenvalue weighted by Gasteiger charge is 2.28. The van der Waals surface area contributed by atoms with E-state index in [1.807, 2.05) is 24.3 Å².